The molecule has 0 aliphatic rings. The van der Waals surface area contributed by atoms with Crippen LogP contribution in [0.2, 0.25) is 0 Å². The summed E-state index contributed by atoms with van der Waals surface area (Å²) < 4.78 is 33.6. The van der Waals surface area contributed by atoms with Gasteiger partial charge in [-0.05, 0) is 6.42 Å². The number of quaternary nitrogens is 1. The number of hydrogen-bond donors (Lipinski definition) is 1. The molecule has 8 nitrogen and oxygen atoms in total. The van der Waals surface area contributed by atoms with Crippen molar-refractivity contribution in [3.8, 4) is 0 Å². The van der Waals surface area contributed by atoms with Gasteiger partial charge in [0.05, 0.1) is 34.4 Å². The van der Waals surface area contributed by atoms with Crippen LogP contribution >= 0.6 is 7.82 Å². The zero-order valence-electron chi connectivity index (χ0n) is 29.7. The maximum Gasteiger partial charge on any atom is 0.472 e. The lowest BCUT2D eigenvalue weighted by Crippen LogP contribution is -2.37. The van der Waals surface area contributed by atoms with E-state index in [2.05, 4.69) is 6.92 Å². The van der Waals surface area contributed by atoms with Crippen LogP contribution < -0.4 is 0 Å². The van der Waals surface area contributed by atoms with Crippen LogP contribution in [-0.4, -0.2) is 75.6 Å². The van der Waals surface area contributed by atoms with E-state index in [0.29, 0.717) is 17.6 Å². The average Bonchev–Trinajstić information content (AvgIpc) is 2.94. The highest BCUT2D eigenvalue weighted by molar-refractivity contribution is 7.47. The Hall–Kier alpha value is -0.500. The van der Waals surface area contributed by atoms with E-state index in [-0.39, 0.29) is 19.8 Å². The Kier molecular flexibility index (Phi) is 29.5. The highest BCUT2D eigenvalue weighted by Crippen LogP contribution is 2.43. The molecule has 0 aliphatic carbocycles. The number of phosphoric acid groups is 1. The van der Waals surface area contributed by atoms with Gasteiger partial charge in [-0.3, -0.25) is 13.8 Å². The first-order chi connectivity index (χ1) is 21.1. The molecule has 0 fully saturated rings. The molecular weight excluding hydrogens is 577 g/mol. The van der Waals surface area contributed by atoms with Gasteiger partial charge in [0.1, 0.15) is 19.3 Å². The minimum absolute atomic E-state index is 0.0888. The molecule has 0 spiro atoms. The molecule has 44 heavy (non-hydrogen) atoms. The van der Waals surface area contributed by atoms with Gasteiger partial charge in [0.2, 0.25) is 0 Å². The molecule has 2 unspecified atom stereocenters. The summed E-state index contributed by atoms with van der Waals surface area (Å²) in [6.07, 6.45) is 30.6. The van der Waals surface area contributed by atoms with E-state index in [9.17, 15) is 14.3 Å². The predicted molar refractivity (Wildman–Crippen MR) is 183 cm³/mol. The molecule has 0 bridgehead atoms. The van der Waals surface area contributed by atoms with Crippen molar-refractivity contribution < 1.29 is 37.3 Å². The second kappa shape index (κ2) is 29.9. The van der Waals surface area contributed by atoms with Crippen LogP contribution in [0.3, 0.4) is 0 Å². The molecule has 0 saturated heterocycles. The van der Waals surface area contributed by atoms with Gasteiger partial charge in [-0.2, -0.15) is 0 Å². The number of nitrogens with zero attached hydrogens (tertiary/aromatic N) is 1. The number of phosphoric ester groups is 1. The van der Waals surface area contributed by atoms with Gasteiger partial charge < -0.3 is 18.9 Å². The lowest BCUT2D eigenvalue weighted by Gasteiger charge is -2.24. The molecule has 0 rings (SSSR count). The second-order valence-electron chi connectivity index (χ2n) is 13.7. The number of carbonyl (C=O) groups is 1. The van der Waals surface area contributed by atoms with Crippen LogP contribution in [-0.2, 0) is 27.9 Å². The van der Waals surface area contributed by atoms with Crippen LogP contribution in [0.4, 0.5) is 0 Å². The van der Waals surface area contributed by atoms with E-state index in [1.165, 1.54) is 142 Å². The lowest BCUT2D eigenvalue weighted by atomic mass is 10.0. The maximum absolute atomic E-state index is 12.1. The van der Waals surface area contributed by atoms with Gasteiger partial charge in [-0.25, -0.2) is 4.57 Å². The van der Waals surface area contributed by atoms with E-state index in [4.69, 9.17) is 18.5 Å². The topological polar surface area (TPSA) is 91.3 Å². The highest BCUT2D eigenvalue weighted by Gasteiger charge is 2.25. The third-order valence-corrected chi connectivity index (χ3v) is 8.95. The highest BCUT2D eigenvalue weighted by atomic mass is 31.2. The fourth-order valence-electron chi connectivity index (χ4n) is 5.20. The van der Waals surface area contributed by atoms with Crippen LogP contribution in [0, 0.1) is 0 Å². The molecule has 2 atom stereocenters. The van der Waals surface area contributed by atoms with E-state index >= 15 is 0 Å². The van der Waals surface area contributed by atoms with Crippen molar-refractivity contribution in [1.82, 2.24) is 0 Å². The van der Waals surface area contributed by atoms with Gasteiger partial charge in [0.15, 0.2) is 0 Å². The monoisotopic (exact) mass is 651 g/mol. The molecule has 0 aromatic carbocycles. The summed E-state index contributed by atoms with van der Waals surface area (Å²) in [5.41, 5.74) is 0. The van der Waals surface area contributed by atoms with E-state index < -0.39 is 19.9 Å². The summed E-state index contributed by atoms with van der Waals surface area (Å²) >= 11 is 0. The van der Waals surface area contributed by atoms with Crippen molar-refractivity contribution in [2.24, 2.45) is 0 Å². The quantitative estimate of drug-likeness (QED) is 0.0321. The number of ether oxygens (including phenoxy) is 2. The average molecular weight is 651 g/mol. The van der Waals surface area contributed by atoms with E-state index in [1.807, 2.05) is 21.1 Å². The van der Waals surface area contributed by atoms with Gasteiger partial charge >= 0.3 is 13.8 Å². The summed E-state index contributed by atoms with van der Waals surface area (Å²) in [5, 5.41) is 0. The first-order valence-corrected chi connectivity index (χ1v) is 19.7. The van der Waals surface area contributed by atoms with Gasteiger partial charge in [-0.15, -0.1) is 0 Å². The number of hydrogen-bond acceptors (Lipinski definition) is 6. The summed E-state index contributed by atoms with van der Waals surface area (Å²) in [4.78, 5) is 21.3. The Morgan fingerprint density at radius 3 is 1.36 bits per heavy atom. The Bertz CT molecular complexity index is 686. The van der Waals surface area contributed by atoms with Crippen LogP contribution in [0.15, 0.2) is 0 Å². The summed E-state index contributed by atoms with van der Waals surface area (Å²) in [6, 6.07) is 0. The summed E-state index contributed by atoms with van der Waals surface area (Å²) in [6.45, 7) is 4.66. The molecule has 0 radical (unpaired) electrons. The van der Waals surface area contributed by atoms with Gasteiger partial charge in [-0.1, -0.05) is 148 Å². The Balaban J connectivity index is 3.53. The first-order valence-electron chi connectivity index (χ1n) is 18.2. The maximum atomic E-state index is 12.1. The molecule has 0 heterocycles. The van der Waals surface area contributed by atoms with Crippen LogP contribution in [0.5, 0.6) is 0 Å². The summed E-state index contributed by atoms with van der Waals surface area (Å²) in [5.74, 6) is -0.486. The van der Waals surface area contributed by atoms with Crippen LogP contribution in [0.25, 0.3) is 0 Å². The largest absolute Gasteiger partial charge is 0.472 e. The zero-order valence-corrected chi connectivity index (χ0v) is 30.6. The molecule has 0 aliphatic heterocycles. The van der Waals surface area contributed by atoms with Gasteiger partial charge in [0.25, 0.3) is 0 Å². The third kappa shape index (κ3) is 34.4. The molecule has 0 aromatic heterocycles. The van der Waals surface area contributed by atoms with Crippen molar-refractivity contribution >= 4 is 13.8 Å². The molecule has 0 amide bonds. The number of carbonyl (C=O) groups excluding carboxylic acids is 1. The Morgan fingerprint density at radius 1 is 0.614 bits per heavy atom. The fraction of sp³-hybridized carbons (Fsp3) is 0.971. The smallest absolute Gasteiger partial charge is 0.458 e. The number of rotatable bonds is 34. The van der Waals surface area contributed by atoms with Crippen molar-refractivity contribution in [3.05, 3.63) is 0 Å². The standard InChI is InChI=1S/C35H72NO7P/c1-6-7-8-9-10-11-12-13-14-15-16-17-18-19-20-21-22-23-24-25-26-27-28-30-40-32-35(43-34(2)37)33-42-44(38,39)41-31-29-36(3,4)5/h35H,6-33H2,1-5H3/p+1. The minimum atomic E-state index is -4.22. The van der Waals surface area contributed by atoms with Crippen molar-refractivity contribution in [2.75, 3.05) is 54.1 Å². The van der Waals surface area contributed by atoms with E-state index in [0.717, 1.165) is 12.8 Å². The third-order valence-electron chi connectivity index (χ3n) is 7.97. The SMILES string of the molecule is CCCCCCCCCCCCCCCCCCCCCCCCCOCC(COP(=O)(O)OCC[N+](C)(C)C)OC(C)=O. The Morgan fingerprint density at radius 2 is 1.00 bits per heavy atom. The molecule has 0 saturated carbocycles. The predicted octanol–water partition coefficient (Wildman–Crippen LogP) is 9.77. The fourth-order valence-corrected chi connectivity index (χ4v) is 5.94. The van der Waals surface area contributed by atoms with E-state index in [1.54, 1.807) is 0 Å². The first kappa shape index (κ1) is 43.5. The normalized spacial score (nSPS) is 14.0. The molecule has 1 N–H and O–H groups in total. The summed E-state index contributed by atoms with van der Waals surface area (Å²) in [7, 11) is 1.67. The number of esters is 1. The van der Waals surface area contributed by atoms with Crippen LogP contribution in [0.1, 0.15) is 162 Å². The lowest BCUT2D eigenvalue weighted by molar-refractivity contribution is -0.870. The second-order valence-corrected chi connectivity index (χ2v) is 15.1. The molecular formula is C35H73NO7P+. The zero-order chi connectivity index (χ0) is 32.8. The van der Waals surface area contributed by atoms with Crippen molar-refractivity contribution in [3.63, 3.8) is 0 Å². The van der Waals surface area contributed by atoms with Crippen molar-refractivity contribution in [2.45, 2.75) is 168 Å². The van der Waals surface area contributed by atoms with Crippen molar-refractivity contribution in [1.29, 1.82) is 0 Å². The van der Waals surface area contributed by atoms with Gasteiger partial charge in [0, 0.05) is 13.5 Å². The molecule has 0 aromatic rings. The molecule has 264 valence electrons. The minimum Gasteiger partial charge on any atom is -0.458 e. The Labute approximate surface area is 272 Å². The number of likely N-dealkylation sites (N-methyl/N-ethyl adjacent to an activating group) is 1. The number of unbranched alkanes of at least 4 members (excludes halogenated alkanes) is 22. The molecule has 9 heteroatoms.